The molecule has 0 atom stereocenters. The second kappa shape index (κ2) is 4.39. The maximum Gasteiger partial charge on any atom is 0.252 e. The molecule has 2 rings (SSSR count). The number of piperazine rings is 1. The van der Waals surface area contributed by atoms with Crippen LogP contribution in [0.15, 0.2) is 22.7 Å². The summed E-state index contributed by atoms with van der Waals surface area (Å²) >= 11 is 3.48. The van der Waals surface area contributed by atoms with Crippen molar-refractivity contribution in [1.29, 1.82) is 0 Å². The van der Waals surface area contributed by atoms with E-state index in [-0.39, 0.29) is 18.4 Å². The Kier molecular flexibility index (Phi) is 3.19. The molecule has 2 amide bonds. The lowest BCUT2D eigenvalue weighted by molar-refractivity contribution is -0.134. The van der Waals surface area contributed by atoms with Gasteiger partial charge in [0, 0.05) is 4.47 Å². The number of anilines is 1. The van der Waals surface area contributed by atoms with Crippen LogP contribution in [0.3, 0.4) is 0 Å². The number of aryl methyl sites for hydroxylation is 1. The largest absolute Gasteiger partial charge is 0.341 e. The van der Waals surface area contributed by atoms with Gasteiger partial charge in [-0.25, -0.2) is 0 Å². The first-order chi connectivity index (χ1) is 8.33. The maximum atomic E-state index is 12.3. The number of halogens is 1. The molecule has 1 aromatic carbocycles. The molecule has 1 saturated heterocycles. The van der Waals surface area contributed by atoms with Gasteiger partial charge in [-0.15, -0.1) is 0 Å². The fourth-order valence-corrected chi connectivity index (χ4v) is 2.51. The normalized spacial score (nSPS) is 18.8. The molecule has 1 heterocycles. The topological polar surface area (TPSA) is 49.4 Å². The minimum absolute atomic E-state index is 0.0598. The number of nitrogens with one attached hydrogen (secondary N) is 1. The van der Waals surface area contributed by atoms with E-state index in [9.17, 15) is 9.59 Å². The summed E-state index contributed by atoms with van der Waals surface area (Å²) in [7, 11) is 0. The smallest absolute Gasteiger partial charge is 0.252 e. The van der Waals surface area contributed by atoms with E-state index in [1.54, 1.807) is 13.8 Å². The molecule has 0 aromatic heterocycles. The van der Waals surface area contributed by atoms with Crippen LogP contribution in [0.2, 0.25) is 0 Å². The summed E-state index contributed by atoms with van der Waals surface area (Å²) in [5, 5.41) is 2.69. The molecule has 0 spiro atoms. The van der Waals surface area contributed by atoms with Crippen LogP contribution in [0.25, 0.3) is 0 Å². The molecular formula is C13H15BrN2O2. The lowest BCUT2D eigenvalue weighted by atomic mass is 9.99. The first-order valence-electron chi connectivity index (χ1n) is 5.71. The predicted octanol–water partition coefficient (Wildman–Crippen LogP) is 2.00. The Morgan fingerprint density at radius 2 is 2.00 bits per heavy atom. The van der Waals surface area contributed by atoms with E-state index < -0.39 is 5.54 Å². The van der Waals surface area contributed by atoms with Crippen LogP contribution in [0.1, 0.15) is 19.4 Å². The molecule has 0 unspecified atom stereocenters. The van der Waals surface area contributed by atoms with Crippen molar-refractivity contribution in [3.63, 3.8) is 0 Å². The Balaban J connectivity index is 2.46. The first-order valence-corrected chi connectivity index (χ1v) is 6.50. The van der Waals surface area contributed by atoms with Crippen LogP contribution in [0, 0.1) is 6.92 Å². The van der Waals surface area contributed by atoms with Crippen molar-refractivity contribution < 1.29 is 9.59 Å². The molecule has 1 N–H and O–H groups in total. The molecule has 96 valence electrons. The first kappa shape index (κ1) is 13.1. The van der Waals surface area contributed by atoms with Gasteiger partial charge in [0.2, 0.25) is 5.91 Å². The quantitative estimate of drug-likeness (QED) is 0.862. The van der Waals surface area contributed by atoms with Gasteiger partial charge in [-0.05, 0) is 48.3 Å². The summed E-state index contributed by atoms with van der Waals surface area (Å²) in [5.41, 5.74) is 0.908. The second-order valence-corrected chi connectivity index (χ2v) is 5.77. The number of carbonyl (C=O) groups excluding carboxylic acids is 2. The van der Waals surface area contributed by atoms with Crippen molar-refractivity contribution in [2.24, 2.45) is 0 Å². The average molecular weight is 311 g/mol. The molecular weight excluding hydrogens is 296 g/mol. The molecule has 1 aromatic rings. The van der Waals surface area contributed by atoms with Crippen LogP contribution >= 0.6 is 15.9 Å². The Bertz CT molecular complexity index is 526. The van der Waals surface area contributed by atoms with Gasteiger partial charge in [-0.3, -0.25) is 14.5 Å². The fourth-order valence-electron chi connectivity index (χ4n) is 2.03. The highest BCUT2D eigenvalue weighted by Gasteiger charge is 2.40. The van der Waals surface area contributed by atoms with Gasteiger partial charge in [-0.1, -0.05) is 12.1 Å². The van der Waals surface area contributed by atoms with Crippen molar-refractivity contribution in [3.05, 3.63) is 28.2 Å². The van der Waals surface area contributed by atoms with Gasteiger partial charge in [-0.2, -0.15) is 0 Å². The van der Waals surface area contributed by atoms with E-state index in [0.717, 1.165) is 15.7 Å². The molecule has 0 bridgehead atoms. The highest BCUT2D eigenvalue weighted by molar-refractivity contribution is 9.10. The van der Waals surface area contributed by atoms with Crippen molar-refractivity contribution in [3.8, 4) is 0 Å². The maximum absolute atomic E-state index is 12.3. The van der Waals surface area contributed by atoms with Crippen molar-refractivity contribution in [2.75, 3.05) is 11.4 Å². The number of benzene rings is 1. The highest BCUT2D eigenvalue weighted by atomic mass is 79.9. The number of hydrogen-bond acceptors (Lipinski definition) is 2. The molecule has 1 fully saturated rings. The third-order valence-electron chi connectivity index (χ3n) is 3.00. The third kappa shape index (κ3) is 2.14. The molecule has 5 heteroatoms. The summed E-state index contributed by atoms with van der Waals surface area (Å²) in [6.07, 6.45) is 0. The van der Waals surface area contributed by atoms with Crippen molar-refractivity contribution in [1.82, 2.24) is 5.32 Å². The van der Waals surface area contributed by atoms with E-state index in [0.29, 0.717) is 0 Å². The van der Waals surface area contributed by atoms with Crippen LogP contribution in [0.4, 0.5) is 5.69 Å². The molecule has 0 aliphatic carbocycles. The van der Waals surface area contributed by atoms with Gasteiger partial charge in [0.25, 0.3) is 5.91 Å². The summed E-state index contributed by atoms with van der Waals surface area (Å²) in [6.45, 7) is 5.43. The number of amides is 2. The molecule has 0 radical (unpaired) electrons. The SMILES string of the molecule is Cc1cccc(N2CC(=O)NC(C)(C)C2=O)c1Br. The molecule has 18 heavy (non-hydrogen) atoms. The average Bonchev–Trinajstić information content (AvgIpc) is 2.27. The summed E-state index contributed by atoms with van der Waals surface area (Å²) in [4.78, 5) is 25.6. The lowest BCUT2D eigenvalue weighted by Crippen LogP contribution is -2.64. The monoisotopic (exact) mass is 310 g/mol. The summed E-state index contributed by atoms with van der Waals surface area (Å²) in [6, 6.07) is 5.67. The Morgan fingerprint density at radius 3 is 2.67 bits per heavy atom. The Labute approximate surface area is 114 Å². The zero-order chi connectivity index (χ0) is 13.5. The van der Waals surface area contributed by atoms with E-state index in [1.807, 2.05) is 25.1 Å². The standard InChI is InChI=1S/C13H15BrN2O2/c1-8-5-4-6-9(11(8)14)16-7-10(17)15-13(2,3)12(16)18/h4-6H,7H2,1-3H3,(H,15,17). The number of hydrogen-bond donors (Lipinski definition) is 1. The number of rotatable bonds is 1. The zero-order valence-electron chi connectivity index (χ0n) is 10.6. The third-order valence-corrected chi connectivity index (χ3v) is 4.03. The van der Waals surface area contributed by atoms with E-state index in [1.165, 1.54) is 4.90 Å². The summed E-state index contributed by atoms with van der Waals surface area (Å²) < 4.78 is 0.851. The van der Waals surface area contributed by atoms with Gasteiger partial charge in [0.15, 0.2) is 0 Å². The number of nitrogens with zero attached hydrogens (tertiary/aromatic N) is 1. The Morgan fingerprint density at radius 1 is 1.33 bits per heavy atom. The molecule has 4 nitrogen and oxygen atoms in total. The molecule has 1 aliphatic heterocycles. The molecule has 0 saturated carbocycles. The van der Waals surface area contributed by atoms with Crippen LogP contribution in [0.5, 0.6) is 0 Å². The summed E-state index contributed by atoms with van der Waals surface area (Å²) in [5.74, 6) is -0.249. The minimum Gasteiger partial charge on any atom is -0.341 e. The van der Waals surface area contributed by atoms with E-state index in [4.69, 9.17) is 0 Å². The zero-order valence-corrected chi connectivity index (χ0v) is 12.2. The van der Waals surface area contributed by atoms with E-state index in [2.05, 4.69) is 21.2 Å². The van der Waals surface area contributed by atoms with Gasteiger partial charge in [0.05, 0.1) is 5.69 Å². The van der Waals surface area contributed by atoms with Crippen LogP contribution < -0.4 is 10.2 Å². The fraction of sp³-hybridized carbons (Fsp3) is 0.385. The second-order valence-electron chi connectivity index (χ2n) is 4.97. The number of carbonyl (C=O) groups is 2. The van der Waals surface area contributed by atoms with Crippen LogP contribution in [-0.4, -0.2) is 23.9 Å². The van der Waals surface area contributed by atoms with Gasteiger partial charge >= 0.3 is 0 Å². The predicted molar refractivity (Wildman–Crippen MR) is 73.5 cm³/mol. The van der Waals surface area contributed by atoms with E-state index >= 15 is 0 Å². The lowest BCUT2D eigenvalue weighted by Gasteiger charge is -2.37. The Hall–Kier alpha value is -1.36. The molecule has 1 aliphatic rings. The van der Waals surface area contributed by atoms with Gasteiger partial charge < -0.3 is 5.32 Å². The van der Waals surface area contributed by atoms with Crippen molar-refractivity contribution >= 4 is 33.4 Å². The van der Waals surface area contributed by atoms with Crippen molar-refractivity contribution in [2.45, 2.75) is 26.3 Å². The van der Waals surface area contributed by atoms with Gasteiger partial charge in [0.1, 0.15) is 12.1 Å². The highest BCUT2D eigenvalue weighted by Crippen LogP contribution is 2.31. The van der Waals surface area contributed by atoms with Crippen LogP contribution in [-0.2, 0) is 9.59 Å². The minimum atomic E-state index is -0.863.